The molecule has 0 fully saturated rings. The molecule has 0 aliphatic carbocycles. The molecule has 1 aliphatic heterocycles. The molecule has 2 bridgehead atoms. The summed E-state index contributed by atoms with van der Waals surface area (Å²) in [4.78, 5) is 24.3. The van der Waals surface area contributed by atoms with Gasteiger partial charge < -0.3 is 34.2 Å². The number of methoxy groups -OCH3 is 4. The first-order valence-corrected chi connectivity index (χ1v) is 18.4. The average Bonchev–Trinajstić information content (AvgIpc) is 2.93. The van der Waals surface area contributed by atoms with Crippen molar-refractivity contribution in [3.05, 3.63) is 64.8 Å². The maximum Gasteiger partial charge on any atom is 0.251 e. The highest BCUT2D eigenvalue weighted by molar-refractivity contribution is 6.72. The van der Waals surface area contributed by atoms with Crippen molar-refractivity contribution < 1.29 is 33.6 Å². The van der Waals surface area contributed by atoms with Crippen LogP contribution in [0.4, 0.5) is 5.69 Å². The van der Waals surface area contributed by atoms with Crippen molar-refractivity contribution in [2.45, 2.75) is 103 Å². The average molecular weight is 632 g/mol. The van der Waals surface area contributed by atoms with E-state index in [1.165, 1.54) is 0 Å². The van der Waals surface area contributed by atoms with Crippen molar-refractivity contribution >= 4 is 19.9 Å². The summed E-state index contributed by atoms with van der Waals surface area (Å²) in [5.74, 6) is -0.286. The van der Waals surface area contributed by atoms with Gasteiger partial charge in [-0.1, -0.05) is 58.1 Å². The lowest BCUT2D eigenvalue weighted by molar-refractivity contribution is -0.112. The molecule has 0 saturated carbocycles. The van der Waals surface area contributed by atoms with Gasteiger partial charge in [0.1, 0.15) is 12.2 Å². The van der Waals surface area contributed by atoms with Crippen molar-refractivity contribution in [1.82, 2.24) is 0 Å². The Balaban J connectivity index is 2.71. The molecule has 0 spiro atoms. The van der Waals surface area contributed by atoms with Crippen LogP contribution in [0.15, 0.2) is 53.6 Å². The lowest BCUT2D eigenvalue weighted by atomic mass is 9.86. The second kappa shape index (κ2) is 16.4. The van der Waals surface area contributed by atoms with Gasteiger partial charge in [0.25, 0.3) is 5.91 Å². The van der Waals surface area contributed by atoms with E-state index in [2.05, 4.69) is 39.1 Å². The predicted octanol–water partition coefficient (Wildman–Crippen LogP) is 6.36. The second-order valence-corrected chi connectivity index (χ2v) is 18.0. The fraction of sp³-hybridized carbons (Fsp3) is 0.629. The van der Waals surface area contributed by atoms with Gasteiger partial charge in [0.2, 0.25) is 0 Å². The first-order valence-electron chi connectivity index (χ1n) is 15.5. The number of ether oxygens (including phenoxy) is 4. The largest absolute Gasteiger partial charge is 0.432 e. The van der Waals surface area contributed by atoms with Gasteiger partial charge >= 0.3 is 0 Å². The lowest BCUT2D eigenvalue weighted by Crippen LogP contribution is -2.40. The highest BCUT2D eigenvalue weighted by Gasteiger charge is 2.38. The molecule has 1 aliphatic rings. The predicted molar refractivity (Wildman–Crippen MR) is 180 cm³/mol. The number of amides is 1. The van der Waals surface area contributed by atoms with Crippen molar-refractivity contribution in [3.8, 4) is 0 Å². The zero-order valence-corrected chi connectivity index (χ0v) is 29.9. The lowest BCUT2D eigenvalue weighted by Gasteiger charge is -2.36. The molecule has 0 radical (unpaired) electrons. The van der Waals surface area contributed by atoms with Crippen molar-refractivity contribution in [3.63, 3.8) is 0 Å². The summed E-state index contributed by atoms with van der Waals surface area (Å²) >= 11 is 0. The van der Waals surface area contributed by atoms with Gasteiger partial charge in [0.15, 0.2) is 8.32 Å². The minimum absolute atomic E-state index is 0.0201. The van der Waals surface area contributed by atoms with Gasteiger partial charge in [-0.15, -0.1) is 0 Å². The number of allylic oxidation sites excluding steroid dienone is 2. The van der Waals surface area contributed by atoms with Crippen LogP contribution >= 0.6 is 0 Å². The van der Waals surface area contributed by atoms with Crippen LogP contribution in [0.1, 0.15) is 65.2 Å². The Hall–Kier alpha value is -2.11. The van der Waals surface area contributed by atoms with Gasteiger partial charge in [-0.05, 0) is 79.6 Å². The minimum atomic E-state index is -2.50. The molecule has 0 unspecified atom stereocenters. The Kier molecular flexibility index (Phi) is 14.2. The summed E-state index contributed by atoms with van der Waals surface area (Å²) < 4.78 is 23.7. The topological polar surface area (TPSA) is 106 Å². The van der Waals surface area contributed by atoms with Crippen LogP contribution in [0.5, 0.6) is 0 Å². The molecule has 9 heteroatoms. The fourth-order valence-electron chi connectivity index (χ4n) is 5.83. The van der Waals surface area contributed by atoms with Crippen LogP contribution in [0.3, 0.4) is 0 Å². The van der Waals surface area contributed by atoms with E-state index in [1.807, 2.05) is 38.2 Å². The van der Waals surface area contributed by atoms with E-state index in [9.17, 15) is 14.7 Å². The molecule has 1 heterocycles. The van der Waals surface area contributed by atoms with Gasteiger partial charge in [-0.2, -0.15) is 0 Å². The van der Waals surface area contributed by atoms with Crippen molar-refractivity contribution in [1.29, 1.82) is 0 Å². The van der Waals surface area contributed by atoms with Gasteiger partial charge in [0.05, 0.1) is 18.3 Å². The van der Waals surface area contributed by atoms with Crippen LogP contribution < -0.4 is 5.32 Å². The summed E-state index contributed by atoms with van der Waals surface area (Å²) in [5.41, 5.74) is 3.88. The summed E-state index contributed by atoms with van der Waals surface area (Å²) in [6.45, 7) is 15.9. The molecule has 7 atom stereocenters. The number of nitrogens with one attached hydrogen (secondary N) is 1. The standard InChI is InChI=1S/C35H57NO7Si/c1-22-14-13-15-29(40-7)31(37)23(2)16-24(3)33(43-10)30(41-8)17-25(4)32(42-9)27-18-26(19-28(20-27)36-34(22)38)21-35(5,6)44(11,12)39/h13-16,18-20,24-25,29-33,37,39H,17,21H2,1-12H3,(H,36,38)/b15-13-,22-14+,23-16+/t24-,25-,29-,30-,31-,32+,33+/m0/s1. The number of rotatable bonds is 7. The number of carbonyl (C=O) groups excluding carboxylic acids is 1. The number of carbonyl (C=O) groups is 1. The zero-order chi connectivity index (χ0) is 33.4. The Morgan fingerprint density at radius 2 is 1.66 bits per heavy atom. The summed E-state index contributed by atoms with van der Waals surface area (Å²) in [6.07, 6.45) is 6.20. The molecule has 2 rings (SSSR count). The van der Waals surface area contributed by atoms with Gasteiger partial charge in [-0.3, -0.25) is 4.79 Å². The monoisotopic (exact) mass is 631 g/mol. The third-order valence-corrected chi connectivity index (χ3v) is 12.8. The molecule has 0 aromatic heterocycles. The number of fused-ring (bicyclic) bond motifs is 2. The van der Waals surface area contributed by atoms with Crippen LogP contribution in [-0.4, -0.2) is 77.0 Å². The maximum atomic E-state index is 13.3. The summed E-state index contributed by atoms with van der Waals surface area (Å²) in [7, 11) is 4.12. The quantitative estimate of drug-likeness (QED) is 0.237. The third-order valence-electron chi connectivity index (χ3n) is 9.32. The first kappa shape index (κ1) is 38.1. The SMILES string of the molecule is CO[C@H]1[C@@H](OC)C[C@H](C)[C@@H](OC)c2cc(CC(C)(C)[Si](C)(C)O)cc(c2)NC(=O)/C(C)=C/C=C\[C@H](OC)[C@@H](O)/C(C)=C/[C@@H]1C. The molecular weight excluding hydrogens is 574 g/mol. The Morgan fingerprint density at radius 1 is 1.00 bits per heavy atom. The van der Waals surface area contributed by atoms with Crippen molar-refractivity contribution in [2.24, 2.45) is 11.8 Å². The van der Waals surface area contributed by atoms with Gasteiger partial charge in [-0.25, -0.2) is 0 Å². The van der Waals surface area contributed by atoms with E-state index >= 15 is 0 Å². The molecule has 3 N–H and O–H groups in total. The zero-order valence-electron chi connectivity index (χ0n) is 28.9. The smallest absolute Gasteiger partial charge is 0.251 e. The van der Waals surface area contributed by atoms with E-state index in [-0.39, 0.29) is 41.1 Å². The fourth-order valence-corrected chi connectivity index (χ4v) is 6.47. The van der Waals surface area contributed by atoms with E-state index in [4.69, 9.17) is 18.9 Å². The maximum absolute atomic E-state index is 13.3. The van der Waals surface area contributed by atoms with E-state index < -0.39 is 20.5 Å². The number of benzene rings is 1. The normalized spacial score (nSPS) is 31.4. The van der Waals surface area contributed by atoms with E-state index in [1.54, 1.807) is 53.6 Å². The molecule has 248 valence electrons. The number of hydrogen-bond donors (Lipinski definition) is 3. The second-order valence-electron chi connectivity index (χ2n) is 13.5. The van der Waals surface area contributed by atoms with Crippen molar-refractivity contribution in [2.75, 3.05) is 33.8 Å². The summed E-state index contributed by atoms with van der Waals surface area (Å²) in [6, 6.07) is 6.09. The van der Waals surface area contributed by atoms with Crippen LogP contribution in [0.25, 0.3) is 0 Å². The molecule has 8 nitrogen and oxygen atoms in total. The van der Waals surface area contributed by atoms with Crippen LogP contribution in [0, 0.1) is 11.8 Å². The number of aliphatic hydroxyl groups excluding tert-OH is 1. The third kappa shape index (κ3) is 9.94. The van der Waals surface area contributed by atoms with Crippen LogP contribution in [-0.2, 0) is 30.2 Å². The highest BCUT2D eigenvalue weighted by atomic mass is 28.4. The number of anilines is 1. The Labute approximate surface area is 266 Å². The van der Waals surface area contributed by atoms with Gasteiger partial charge in [0, 0.05) is 45.6 Å². The molecule has 1 aromatic rings. The molecular formula is C35H57NO7Si. The van der Waals surface area contributed by atoms with E-state index in [0.29, 0.717) is 24.1 Å². The van der Waals surface area contributed by atoms with Crippen LogP contribution in [0.2, 0.25) is 18.1 Å². The number of hydrogen-bond acceptors (Lipinski definition) is 7. The Morgan fingerprint density at radius 3 is 2.20 bits per heavy atom. The summed E-state index contributed by atoms with van der Waals surface area (Å²) in [5, 5.41) is 13.9. The van der Waals surface area contributed by atoms with E-state index in [0.717, 1.165) is 16.7 Å². The number of aliphatic hydroxyl groups is 1. The minimum Gasteiger partial charge on any atom is -0.432 e. The Bertz CT molecular complexity index is 1190. The molecule has 0 saturated heterocycles. The molecule has 44 heavy (non-hydrogen) atoms. The molecule has 1 amide bonds. The highest BCUT2D eigenvalue weighted by Crippen LogP contribution is 2.41. The molecule has 1 aromatic carbocycles. The first-order chi connectivity index (χ1) is 20.5.